The Morgan fingerprint density at radius 3 is 2.94 bits per heavy atom. The van der Waals surface area contributed by atoms with E-state index in [4.69, 9.17) is 10.5 Å². The molecular weight excluding hydrogens is 246 g/mol. The van der Waals surface area contributed by atoms with Crippen LogP contribution in [0.5, 0.6) is 5.75 Å². The number of ether oxygens (including phenoxy) is 1. The van der Waals surface area contributed by atoms with Crippen LogP contribution in [0.2, 0.25) is 0 Å². The Balaban J connectivity index is 2.14. The summed E-state index contributed by atoms with van der Waals surface area (Å²) in [6.07, 6.45) is 5.17. The van der Waals surface area contributed by atoms with Crippen LogP contribution in [0, 0.1) is 5.92 Å². The Kier molecular flexibility index (Phi) is 4.32. The molecule has 5 heteroatoms. The molecule has 1 saturated carbocycles. The maximum atomic E-state index is 5.87. The average Bonchev–Trinajstić information content (AvgIpc) is 2.71. The second kappa shape index (κ2) is 5.78. The van der Waals surface area contributed by atoms with Crippen molar-refractivity contribution in [2.45, 2.75) is 45.6 Å². The number of anilines is 2. The van der Waals surface area contributed by atoms with Crippen LogP contribution in [0.3, 0.4) is 0 Å². The predicted molar refractivity (Wildman–Crippen MR) is 77.5 cm³/mol. The van der Waals surface area contributed by atoms with Crippen molar-refractivity contribution in [1.82, 2.24) is 4.37 Å². The monoisotopic (exact) mass is 269 g/mol. The van der Waals surface area contributed by atoms with E-state index in [1.54, 1.807) is 0 Å². The summed E-state index contributed by atoms with van der Waals surface area (Å²) >= 11 is 1.45. The van der Waals surface area contributed by atoms with E-state index < -0.39 is 0 Å². The van der Waals surface area contributed by atoms with Crippen molar-refractivity contribution in [3.63, 3.8) is 0 Å². The average molecular weight is 269 g/mol. The van der Waals surface area contributed by atoms with Crippen molar-refractivity contribution in [1.29, 1.82) is 0 Å². The largest absolute Gasteiger partial charge is 0.487 e. The molecule has 1 aromatic heterocycles. The lowest BCUT2D eigenvalue weighted by molar-refractivity contribution is 0.327. The molecule has 0 aliphatic heterocycles. The first kappa shape index (κ1) is 13.5. The molecule has 0 bridgehead atoms. The number of nitrogen functional groups attached to an aromatic ring is 1. The van der Waals surface area contributed by atoms with Crippen LogP contribution in [0.25, 0.3) is 0 Å². The lowest BCUT2D eigenvalue weighted by Gasteiger charge is -2.34. The predicted octanol–water partition coefficient (Wildman–Crippen LogP) is 3.14. The number of rotatable bonds is 4. The summed E-state index contributed by atoms with van der Waals surface area (Å²) in [6.45, 7) is 4.94. The van der Waals surface area contributed by atoms with Crippen molar-refractivity contribution >= 4 is 22.4 Å². The van der Waals surface area contributed by atoms with Crippen LogP contribution in [0.1, 0.15) is 39.5 Å². The van der Waals surface area contributed by atoms with E-state index in [2.05, 4.69) is 23.2 Å². The minimum Gasteiger partial charge on any atom is -0.487 e. The zero-order valence-corrected chi connectivity index (χ0v) is 12.3. The van der Waals surface area contributed by atoms with Gasteiger partial charge in [0, 0.05) is 13.1 Å². The van der Waals surface area contributed by atoms with Crippen molar-refractivity contribution in [3.05, 3.63) is 0 Å². The number of aromatic nitrogens is 1. The normalized spacial score (nSPS) is 23.9. The van der Waals surface area contributed by atoms with Crippen LogP contribution in [0.4, 0.5) is 10.8 Å². The molecule has 2 N–H and O–H groups in total. The molecule has 0 spiro atoms. The van der Waals surface area contributed by atoms with E-state index in [0.29, 0.717) is 18.5 Å². The van der Waals surface area contributed by atoms with Gasteiger partial charge in [-0.05, 0) is 37.2 Å². The SMILES string of the molecule is CCOc1c(N)nsc1N(C)C1CCCC(C)C1. The highest BCUT2D eigenvalue weighted by atomic mass is 32.1. The molecule has 1 aliphatic rings. The van der Waals surface area contributed by atoms with Crippen molar-refractivity contribution in [3.8, 4) is 5.75 Å². The fourth-order valence-corrected chi connectivity index (χ4v) is 3.50. The second-order valence-electron chi connectivity index (χ2n) is 5.17. The summed E-state index contributed by atoms with van der Waals surface area (Å²) in [5.74, 6) is 2.10. The minimum atomic E-state index is 0.521. The van der Waals surface area contributed by atoms with Gasteiger partial charge in [0.1, 0.15) is 0 Å². The molecule has 1 heterocycles. The molecule has 4 nitrogen and oxygen atoms in total. The maximum absolute atomic E-state index is 5.87. The molecule has 1 aliphatic carbocycles. The van der Waals surface area contributed by atoms with Gasteiger partial charge < -0.3 is 15.4 Å². The van der Waals surface area contributed by atoms with E-state index in [1.165, 1.54) is 37.2 Å². The molecule has 1 fully saturated rings. The minimum absolute atomic E-state index is 0.521. The van der Waals surface area contributed by atoms with Crippen molar-refractivity contribution in [2.24, 2.45) is 5.92 Å². The zero-order chi connectivity index (χ0) is 13.1. The number of nitrogens with zero attached hydrogens (tertiary/aromatic N) is 2. The zero-order valence-electron chi connectivity index (χ0n) is 11.5. The van der Waals surface area contributed by atoms with Crippen LogP contribution >= 0.6 is 11.5 Å². The molecule has 18 heavy (non-hydrogen) atoms. The van der Waals surface area contributed by atoms with E-state index in [9.17, 15) is 0 Å². The third-order valence-electron chi connectivity index (χ3n) is 3.72. The molecule has 0 radical (unpaired) electrons. The Labute approximate surface area is 113 Å². The standard InChI is InChI=1S/C13H23N3OS/c1-4-17-11-12(14)15-18-13(11)16(3)10-7-5-6-9(2)8-10/h9-10H,4-8H2,1-3H3,(H2,14,15). The number of hydrogen-bond donors (Lipinski definition) is 1. The van der Waals surface area contributed by atoms with E-state index >= 15 is 0 Å². The van der Waals surface area contributed by atoms with Gasteiger partial charge in [0.05, 0.1) is 6.61 Å². The Bertz CT molecular complexity index is 394. The van der Waals surface area contributed by atoms with E-state index in [-0.39, 0.29) is 0 Å². The van der Waals surface area contributed by atoms with E-state index in [1.807, 2.05) is 6.92 Å². The van der Waals surface area contributed by atoms with Crippen LogP contribution in [0.15, 0.2) is 0 Å². The maximum Gasteiger partial charge on any atom is 0.197 e. The van der Waals surface area contributed by atoms with Gasteiger partial charge in [-0.25, -0.2) is 0 Å². The highest BCUT2D eigenvalue weighted by molar-refractivity contribution is 7.11. The van der Waals surface area contributed by atoms with Crippen LogP contribution < -0.4 is 15.4 Å². The fraction of sp³-hybridized carbons (Fsp3) is 0.769. The second-order valence-corrected chi connectivity index (χ2v) is 5.92. The molecule has 2 atom stereocenters. The molecule has 2 unspecified atom stereocenters. The summed E-state index contributed by atoms with van der Waals surface area (Å²) < 4.78 is 9.85. The summed E-state index contributed by atoms with van der Waals surface area (Å²) in [6, 6.07) is 0.591. The van der Waals surface area contributed by atoms with Gasteiger partial charge >= 0.3 is 0 Å². The van der Waals surface area contributed by atoms with Crippen LogP contribution in [-0.2, 0) is 0 Å². The topological polar surface area (TPSA) is 51.4 Å². The third kappa shape index (κ3) is 2.71. The Hall–Kier alpha value is -0.970. The first-order chi connectivity index (χ1) is 8.63. The highest BCUT2D eigenvalue weighted by Gasteiger charge is 2.26. The molecule has 2 rings (SSSR count). The molecule has 102 valence electrons. The number of nitrogens with two attached hydrogens (primary N) is 1. The first-order valence-electron chi connectivity index (χ1n) is 6.74. The van der Waals surface area contributed by atoms with Gasteiger partial charge in [-0.2, -0.15) is 4.37 Å². The van der Waals surface area contributed by atoms with E-state index in [0.717, 1.165) is 16.7 Å². The summed E-state index contributed by atoms with van der Waals surface area (Å²) in [4.78, 5) is 2.31. The quantitative estimate of drug-likeness (QED) is 0.912. The van der Waals surface area contributed by atoms with Crippen molar-refractivity contribution < 1.29 is 4.74 Å². The van der Waals surface area contributed by atoms with Gasteiger partial charge in [-0.15, -0.1) is 0 Å². The van der Waals surface area contributed by atoms with Crippen LogP contribution in [-0.4, -0.2) is 24.1 Å². The third-order valence-corrected chi connectivity index (χ3v) is 4.66. The lowest BCUT2D eigenvalue weighted by Crippen LogP contribution is -2.35. The first-order valence-corrected chi connectivity index (χ1v) is 7.51. The molecule has 0 aromatic carbocycles. The Morgan fingerprint density at radius 2 is 2.28 bits per heavy atom. The Morgan fingerprint density at radius 1 is 1.50 bits per heavy atom. The van der Waals surface area contributed by atoms with Gasteiger partial charge in [-0.3, -0.25) is 0 Å². The van der Waals surface area contributed by atoms with Gasteiger partial charge in [0.15, 0.2) is 16.6 Å². The molecular formula is C13H23N3OS. The molecule has 0 saturated heterocycles. The summed E-state index contributed by atoms with van der Waals surface area (Å²) in [5, 5.41) is 1.08. The lowest BCUT2D eigenvalue weighted by atomic mass is 9.86. The molecule has 0 amide bonds. The fourth-order valence-electron chi connectivity index (χ4n) is 2.71. The van der Waals surface area contributed by atoms with Gasteiger partial charge in [0.25, 0.3) is 0 Å². The van der Waals surface area contributed by atoms with Gasteiger partial charge in [0.2, 0.25) is 0 Å². The van der Waals surface area contributed by atoms with Gasteiger partial charge in [-0.1, -0.05) is 19.8 Å². The summed E-state index contributed by atoms with van der Waals surface area (Å²) in [7, 11) is 2.14. The molecule has 1 aromatic rings. The number of hydrogen-bond acceptors (Lipinski definition) is 5. The highest BCUT2D eigenvalue weighted by Crippen LogP contribution is 2.40. The van der Waals surface area contributed by atoms with Crippen molar-refractivity contribution in [2.75, 3.05) is 24.3 Å². The summed E-state index contributed by atoms with van der Waals surface area (Å²) in [5.41, 5.74) is 5.87. The smallest absolute Gasteiger partial charge is 0.197 e.